The molecule has 0 aliphatic rings. The summed E-state index contributed by atoms with van der Waals surface area (Å²) < 4.78 is 44.8. The summed E-state index contributed by atoms with van der Waals surface area (Å²) in [4.78, 5) is 6.67. The zero-order chi connectivity index (χ0) is 29.2. The molecular weight excluding hydrogens is 542 g/mol. The van der Waals surface area contributed by atoms with Crippen molar-refractivity contribution in [2.75, 3.05) is 0 Å². The quantitative estimate of drug-likeness (QED) is 0.154. The van der Waals surface area contributed by atoms with Crippen molar-refractivity contribution in [1.82, 2.24) is 4.98 Å². The highest BCUT2D eigenvalue weighted by molar-refractivity contribution is 8.32. The SMILES string of the molecule is Cc1ccc(S(=O)(=O)[OH+]S(c2ccc(OC(C)(C)C)cc2)(c2ccc(OC(C)(C)C)cc2)c2cccnc2)cc1. The van der Waals surface area contributed by atoms with Crippen LogP contribution in [0.1, 0.15) is 47.1 Å². The summed E-state index contributed by atoms with van der Waals surface area (Å²) in [6, 6.07) is 25.5. The molecule has 4 aromatic rings. The number of pyridine rings is 1. The second kappa shape index (κ2) is 11.3. The van der Waals surface area contributed by atoms with E-state index in [1.807, 2.05) is 103 Å². The molecule has 212 valence electrons. The van der Waals surface area contributed by atoms with Crippen LogP contribution in [0.2, 0.25) is 0 Å². The number of aryl methyl sites for hydroxylation is 1. The second-order valence-corrected chi connectivity index (χ2v) is 16.1. The number of nitrogens with zero attached hydrogens (tertiary/aromatic N) is 1. The molecule has 0 aliphatic carbocycles. The van der Waals surface area contributed by atoms with Gasteiger partial charge in [-0.15, -0.1) is 8.42 Å². The first kappa shape index (κ1) is 29.6. The van der Waals surface area contributed by atoms with Gasteiger partial charge in [-0.2, -0.15) is 0 Å². The Kier molecular flexibility index (Phi) is 8.36. The lowest BCUT2D eigenvalue weighted by molar-refractivity contribution is 0.130. The summed E-state index contributed by atoms with van der Waals surface area (Å²) in [7, 11) is -6.79. The zero-order valence-corrected chi connectivity index (χ0v) is 25.7. The smallest absolute Gasteiger partial charge is 0.422 e. The van der Waals surface area contributed by atoms with E-state index in [4.69, 9.17) is 13.1 Å². The molecule has 8 heteroatoms. The number of hydrogen-bond donors (Lipinski definition) is 0. The van der Waals surface area contributed by atoms with Gasteiger partial charge in [-0.1, -0.05) is 17.7 Å². The first-order valence-corrected chi connectivity index (χ1v) is 16.1. The molecule has 0 radical (unpaired) electrons. The van der Waals surface area contributed by atoms with E-state index < -0.39 is 20.4 Å². The first-order chi connectivity index (χ1) is 18.7. The monoisotopic (exact) mass is 580 g/mol. The van der Waals surface area contributed by atoms with E-state index in [-0.39, 0.29) is 16.1 Å². The average Bonchev–Trinajstić information content (AvgIpc) is 2.87. The van der Waals surface area contributed by atoms with E-state index in [1.54, 1.807) is 42.7 Å². The Morgan fingerprint density at radius 1 is 0.625 bits per heavy atom. The van der Waals surface area contributed by atoms with Crippen LogP contribution in [0, 0.1) is 6.92 Å². The predicted octanol–water partition coefficient (Wildman–Crippen LogP) is 8.42. The van der Waals surface area contributed by atoms with Gasteiger partial charge < -0.3 is 9.47 Å². The topological polar surface area (TPSA) is 78.3 Å². The van der Waals surface area contributed by atoms with Crippen LogP contribution in [0.5, 0.6) is 11.5 Å². The molecule has 0 saturated heterocycles. The van der Waals surface area contributed by atoms with E-state index in [1.165, 1.54) is 0 Å². The molecule has 0 bridgehead atoms. The van der Waals surface area contributed by atoms with Gasteiger partial charge in [0.05, 0.1) is 25.0 Å². The third kappa shape index (κ3) is 7.05. The Hall–Kier alpha value is -3.33. The summed E-state index contributed by atoms with van der Waals surface area (Å²) in [5, 5.41) is 0. The fourth-order valence-electron chi connectivity index (χ4n) is 4.08. The van der Waals surface area contributed by atoms with Crippen molar-refractivity contribution in [1.29, 1.82) is 0 Å². The van der Waals surface area contributed by atoms with Crippen LogP contribution in [0.25, 0.3) is 0 Å². The van der Waals surface area contributed by atoms with E-state index in [0.29, 0.717) is 16.4 Å². The van der Waals surface area contributed by atoms with Crippen LogP contribution in [0.15, 0.2) is 117 Å². The standard InChI is InChI=1S/C32H37NO5S2/c1-24-10-16-29(17-11-24)40(34,35)38-39(30-9-8-22-33-23-30,27-18-12-25(13-19-27)36-31(2,3)4)28-20-14-26(15-21-28)37-32(5,6)7/h8-23H,1-7H3/p+1. The van der Waals surface area contributed by atoms with Gasteiger partial charge in [-0.25, -0.2) is 0 Å². The summed E-state index contributed by atoms with van der Waals surface area (Å²) >= 11 is 0. The molecular formula is C32H38NO5S2+. The zero-order valence-electron chi connectivity index (χ0n) is 24.1. The van der Waals surface area contributed by atoms with E-state index in [9.17, 15) is 8.42 Å². The molecule has 0 amide bonds. The van der Waals surface area contributed by atoms with Crippen LogP contribution in [0.3, 0.4) is 0 Å². The lowest BCUT2D eigenvalue weighted by atomic mass is 10.2. The summed E-state index contributed by atoms with van der Waals surface area (Å²) in [6.45, 7) is 13.8. The van der Waals surface area contributed by atoms with Gasteiger partial charge in [-0.05, 0) is 121 Å². The fourth-order valence-corrected chi connectivity index (χ4v) is 9.48. The number of benzene rings is 3. The van der Waals surface area contributed by atoms with Crippen molar-refractivity contribution in [2.24, 2.45) is 0 Å². The average molecular weight is 581 g/mol. The minimum absolute atomic E-state index is 0.138. The fraction of sp³-hybridized carbons (Fsp3) is 0.281. The lowest BCUT2D eigenvalue weighted by Crippen LogP contribution is -2.23. The normalized spacial score (nSPS) is 13.1. The molecule has 0 saturated carbocycles. The summed E-state index contributed by atoms with van der Waals surface area (Å²) in [5.41, 5.74) is 0.210. The number of ether oxygens (including phenoxy) is 2. The number of hydrogen-bond acceptors (Lipinski definition) is 5. The molecule has 1 aromatic heterocycles. The van der Waals surface area contributed by atoms with Crippen molar-refractivity contribution in [2.45, 2.75) is 79.3 Å². The molecule has 40 heavy (non-hydrogen) atoms. The maximum atomic E-state index is 14.0. The Balaban J connectivity index is 1.94. The minimum Gasteiger partial charge on any atom is -0.488 e. The third-order valence-electron chi connectivity index (χ3n) is 5.68. The third-order valence-corrected chi connectivity index (χ3v) is 11.1. The summed E-state index contributed by atoms with van der Waals surface area (Å²) in [5.74, 6) is 1.37. The van der Waals surface area contributed by atoms with Crippen molar-refractivity contribution >= 4 is 20.4 Å². The molecule has 6 nitrogen and oxygen atoms in total. The Morgan fingerprint density at radius 3 is 1.48 bits per heavy atom. The molecule has 3 aromatic carbocycles. The molecule has 0 spiro atoms. The van der Waals surface area contributed by atoms with Crippen molar-refractivity contribution in [3.05, 3.63) is 103 Å². The van der Waals surface area contributed by atoms with Crippen molar-refractivity contribution in [3.63, 3.8) is 0 Å². The number of rotatable bonds is 8. The largest absolute Gasteiger partial charge is 0.488 e. The van der Waals surface area contributed by atoms with Gasteiger partial charge in [0, 0.05) is 12.4 Å². The van der Waals surface area contributed by atoms with E-state index >= 15 is 0 Å². The highest BCUT2D eigenvalue weighted by Gasteiger charge is 2.44. The maximum Gasteiger partial charge on any atom is 0.422 e. The van der Waals surface area contributed by atoms with Crippen LogP contribution in [-0.2, 0) is 10.1 Å². The molecule has 0 atom stereocenters. The van der Waals surface area contributed by atoms with Gasteiger partial charge in [0.1, 0.15) is 27.6 Å². The van der Waals surface area contributed by atoms with E-state index in [2.05, 4.69) is 4.98 Å². The van der Waals surface area contributed by atoms with Gasteiger partial charge in [0.15, 0.2) is 0 Å². The number of aromatic nitrogens is 1. The van der Waals surface area contributed by atoms with Crippen LogP contribution in [-0.4, -0.2) is 28.2 Å². The van der Waals surface area contributed by atoms with Gasteiger partial charge in [-0.3, -0.25) is 8.61 Å². The van der Waals surface area contributed by atoms with Crippen molar-refractivity contribution < 1.29 is 21.5 Å². The second-order valence-electron chi connectivity index (χ2n) is 11.5. The van der Waals surface area contributed by atoms with Crippen LogP contribution < -0.4 is 9.47 Å². The minimum atomic E-state index is -4.09. The van der Waals surface area contributed by atoms with E-state index in [0.717, 1.165) is 15.4 Å². The maximum absolute atomic E-state index is 14.0. The van der Waals surface area contributed by atoms with Gasteiger partial charge in [0.25, 0.3) is 0 Å². The van der Waals surface area contributed by atoms with Crippen molar-refractivity contribution in [3.8, 4) is 11.5 Å². The summed E-state index contributed by atoms with van der Waals surface area (Å²) in [6.07, 6.45) is 3.37. The highest BCUT2D eigenvalue weighted by Crippen LogP contribution is 2.68. The first-order valence-electron chi connectivity index (χ1n) is 13.1. The van der Waals surface area contributed by atoms with Gasteiger partial charge in [0.2, 0.25) is 0 Å². The van der Waals surface area contributed by atoms with Crippen LogP contribution in [0.4, 0.5) is 0 Å². The molecule has 1 heterocycles. The highest BCUT2D eigenvalue weighted by atomic mass is 32.3. The molecule has 4 rings (SSSR count). The molecule has 0 fully saturated rings. The molecule has 1 N–H and O–H groups in total. The lowest BCUT2D eigenvalue weighted by Gasteiger charge is -2.35. The Labute approximate surface area is 240 Å². The predicted molar refractivity (Wildman–Crippen MR) is 161 cm³/mol. The Morgan fingerprint density at radius 2 is 1.07 bits per heavy atom. The van der Waals surface area contributed by atoms with Crippen LogP contribution >= 0.6 is 10.3 Å². The van der Waals surface area contributed by atoms with Gasteiger partial charge >= 0.3 is 10.1 Å². The molecule has 0 unspecified atom stereocenters. The molecule has 0 aliphatic heterocycles. The Bertz CT molecular complexity index is 1460.